The van der Waals surface area contributed by atoms with Gasteiger partial charge in [-0.2, -0.15) is 0 Å². The lowest BCUT2D eigenvalue weighted by Gasteiger charge is -2.28. The minimum atomic E-state index is -1.51. The Kier molecular flexibility index (Phi) is 9.82. The van der Waals surface area contributed by atoms with Gasteiger partial charge >= 0.3 is 11.9 Å². The van der Waals surface area contributed by atoms with Crippen molar-refractivity contribution in [3.05, 3.63) is 0 Å². The smallest absolute Gasteiger partial charge is 0.326 e. The van der Waals surface area contributed by atoms with E-state index in [2.05, 4.69) is 10.6 Å². The number of aliphatic hydroxyl groups excluding tert-OH is 1. The minimum absolute atomic E-state index is 0.103. The van der Waals surface area contributed by atoms with E-state index in [1.807, 2.05) is 0 Å². The normalized spacial score (nSPS) is 18.5. The molecular formula is C17H27N5O9. The molecule has 0 aromatic carbocycles. The molecule has 1 aliphatic rings. The molecule has 1 rings (SSSR count). The average Bonchev–Trinajstić information content (AvgIpc) is 3.18. The van der Waals surface area contributed by atoms with Crippen molar-refractivity contribution in [1.29, 1.82) is 0 Å². The Labute approximate surface area is 176 Å². The third-order valence-corrected chi connectivity index (χ3v) is 4.65. The summed E-state index contributed by atoms with van der Waals surface area (Å²) in [7, 11) is 0. The maximum absolute atomic E-state index is 12.8. The van der Waals surface area contributed by atoms with E-state index in [9.17, 15) is 33.9 Å². The fraction of sp³-hybridized carbons (Fsp3) is 0.647. The zero-order valence-electron chi connectivity index (χ0n) is 16.7. The van der Waals surface area contributed by atoms with E-state index in [1.165, 1.54) is 0 Å². The van der Waals surface area contributed by atoms with Crippen LogP contribution in [0, 0.1) is 0 Å². The number of rotatable bonds is 12. The SMILES string of the molecule is NC(=O)CC(NC(=O)C(CCC(=O)O)NC(=O)C(N)CO)C(=O)N1CCCC1C(=O)O. The highest BCUT2D eigenvalue weighted by molar-refractivity contribution is 5.96. The van der Waals surface area contributed by atoms with Crippen LogP contribution in [0.1, 0.15) is 32.1 Å². The van der Waals surface area contributed by atoms with Crippen LogP contribution in [0.15, 0.2) is 0 Å². The van der Waals surface area contributed by atoms with Gasteiger partial charge in [0.2, 0.25) is 23.6 Å². The molecule has 0 aromatic heterocycles. The van der Waals surface area contributed by atoms with Crippen LogP contribution in [0.25, 0.3) is 0 Å². The number of hydrogen-bond donors (Lipinski definition) is 7. The largest absolute Gasteiger partial charge is 0.481 e. The number of amides is 4. The van der Waals surface area contributed by atoms with E-state index in [-0.39, 0.29) is 19.4 Å². The number of carbonyl (C=O) groups excluding carboxylic acids is 4. The molecule has 1 saturated heterocycles. The first-order valence-electron chi connectivity index (χ1n) is 9.48. The first-order valence-corrected chi connectivity index (χ1v) is 9.48. The third-order valence-electron chi connectivity index (χ3n) is 4.65. The van der Waals surface area contributed by atoms with Gasteiger partial charge in [-0.15, -0.1) is 0 Å². The van der Waals surface area contributed by atoms with Crippen LogP contribution in [-0.2, 0) is 28.8 Å². The van der Waals surface area contributed by atoms with E-state index < -0.39 is 79.2 Å². The molecule has 0 saturated carbocycles. The Morgan fingerprint density at radius 1 is 1.03 bits per heavy atom. The Morgan fingerprint density at radius 3 is 2.16 bits per heavy atom. The molecule has 0 aliphatic carbocycles. The van der Waals surface area contributed by atoms with E-state index in [0.717, 1.165) is 4.90 Å². The van der Waals surface area contributed by atoms with Crippen molar-refractivity contribution in [3.8, 4) is 0 Å². The zero-order valence-corrected chi connectivity index (χ0v) is 16.7. The number of nitrogens with one attached hydrogen (secondary N) is 2. The molecule has 9 N–H and O–H groups in total. The molecule has 1 heterocycles. The number of carboxylic acids is 2. The topological polar surface area (TPSA) is 242 Å². The first-order chi connectivity index (χ1) is 14.5. The lowest BCUT2D eigenvalue weighted by molar-refractivity contribution is -0.149. The predicted octanol–water partition coefficient (Wildman–Crippen LogP) is -3.91. The molecule has 174 valence electrons. The molecule has 4 unspecified atom stereocenters. The molecule has 0 bridgehead atoms. The Hall–Kier alpha value is -3.26. The molecule has 1 fully saturated rings. The van der Waals surface area contributed by atoms with Crippen molar-refractivity contribution in [2.24, 2.45) is 11.5 Å². The molecular weight excluding hydrogens is 418 g/mol. The van der Waals surface area contributed by atoms with Crippen molar-refractivity contribution < 1.29 is 44.1 Å². The molecule has 4 atom stereocenters. The van der Waals surface area contributed by atoms with Gasteiger partial charge in [0.1, 0.15) is 24.2 Å². The van der Waals surface area contributed by atoms with Crippen molar-refractivity contribution in [1.82, 2.24) is 15.5 Å². The van der Waals surface area contributed by atoms with Crippen molar-refractivity contribution in [2.75, 3.05) is 13.2 Å². The lowest BCUT2D eigenvalue weighted by Crippen LogP contribution is -2.58. The van der Waals surface area contributed by atoms with Crippen LogP contribution < -0.4 is 22.1 Å². The van der Waals surface area contributed by atoms with E-state index in [4.69, 9.17) is 21.7 Å². The second-order valence-electron chi connectivity index (χ2n) is 7.04. The average molecular weight is 445 g/mol. The van der Waals surface area contributed by atoms with Gasteiger partial charge in [-0.05, 0) is 19.3 Å². The van der Waals surface area contributed by atoms with Crippen molar-refractivity contribution in [3.63, 3.8) is 0 Å². The zero-order chi connectivity index (χ0) is 23.7. The summed E-state index contributed by atoms with van der Waals surface area (Å²) in [6.45, 7) is -0.626. The van der Waals surface area contributed by atoms with Crippen LogP contribution >= 0.6 is 0 Å². The molecule has 1 aliphatic heterocycles. The first kappa shape index (κ1) is 25.8. The highest BCUT2D eigenvalue weighted by atomic mass is 16.4. The van der Waals surface area contributed by atoms with Crippen molar-refractivity contribution >= 4 is 35.6 Å². The van der Waals surface area contributed by atoms with Gasteiger partial charge in [-0.3, -0.25) is 24.0 Å². The van der Waals surface area contributed by atoms with E-state index in [1.54, 1.807) is 0 Å². The number of aliphatic hydroxyl groups is 1. The van der Waals surface area contributed by atoms with E-state index >= 15 is 0 Å². The molecule has 0 aromatic rings. The summed E-state index contributed by atoms with van der Waals surface area (Å²) in [6, 6.07) is -5.45. The summed E-state index contributed by atoms with van der Waals surface area (Å²) in [5.41, 5.74) is 10.5. The number of carbonyl (C=O) groups is 6. The number of likely N-dealkylation sites (tertiary alicyclic amines) is 1. The fourth-order valence-corrected chi connectivity index (χ4v) is 3.06. The van der Waals surface area contributed by atoms with Gasteiger partial charge in [0, 0.05) is 13.0 Å². The summed E-state index contributed by atoms with van der Waals surface area (Å²) < 4.78 is 0. The summed E-state index contributed by atoms with van der Waals surface area (Å²) in [5, 5.41) is 31.5. The van der Waals surface area contributed by atoms with Crippen LogP contribution in [0.3, 0.4) is 0 Å². The summed E-state index contributed by atoms with van der Waals surface area (Å²) in [4.78, 5) is 72.0. The van der Waals surface area contributed by atoms with Crippen LogP contribution in [0.4, 0.5) is 0 Å². The van der Waals surface area contributed by atoms with Gasteiger partial charge in [-0.25, -0.2) is 4.79 Å². The number of hydrogen-bond acceptors (Lipinski definition) is 8. The van der Waals surface area contributed by atoms with Gasteiger partial charge in [0.15, 0.2) is 0 Å². The van der Waals surface area contributed by atoms with Gasteiger partial charge in [0.25, 0.3) is 0 Å². The van der Waals surface area contributed by atoms with Gasteiger partial charge in [-0.1, -0.05) is 0 Å². The summed E-state index contributed by atoms with van der Waals surface area (Å²) in [5.74, 6) is -6.21. The van der Waals surface area contributed by atoms with E-state index in [0.29, 0.717) is 6.42 Å². The molecule has 0 radical (unpaired) electrons. The summed E-state index contributed by atoms with van der Waals surface area (Å²) >= 11 is 0. The van der Waals surface area contributed by atoms with Crippen molar-refractivity contribution in [2.45, 2.75) is 56.3 Å². The lowest BCUT2D eigenvalue weighted by atomic mass is 10.1. The highest BCUT2D eigenvalue weighted by Crippen LogP contribution is 2.19. The number of nitrogens with two attached hydrogens (primary N) is 2. The van der Waals surface area contributed by atoms with Crippen LogP contribution in [0.2, 0.25) is 0 Å². The highest BCUT2D eigenvalue weighted by Gasteiger charge is 2.39. The third kappa shape index (κ3) is 7.82. The maximum Gasteiger partial charge on any atom is 0.326 e. The predicted molar refractivity (Wildman–Crippen MR) is 102 cm³/mol. The number of primary amides is 1. The molecule has 14 heteroatoms. The second-order valence-corrected chi connectivity index (χ2v) is 7.04. The Morgan fingerprint density at radius 2 is 1.65 bits per heavy atom. The van der Waals surface area contributed by atoms with Crippen LogP contribution in [-0.4, -0.2) is 93.1 Å². The Balaban J connectivity index is 3.02. The molecule has 14 nitrogen and oxygen atoms in total. The second kappa shape index (κ2) is 11.8. The number of carboxylic acid groups (broad SMARTS) is 2. The van der Waals surface area contributed by atoms with Gasteiger partial charge in [0.05, 0.1) is 13.0 Å². The molecule has 31 heavy (non-hydrogen) atoms. The quantitative estimate of drug-likeness (QED) is 0.154. The maximum atomic E-state index is 12.8. The van der Waals surface area contributed by atoms with Gasteiger partial charge < -0.3 is 42.3 Å². The monoisotopic (exact) mass is 445 g/mol. The number of nitrogens with zero attached hydrogens (tertiary/aromatic N) is 1. The number of aliphatic carboxylic acids is 2. The fourth-order valence-electron chi connectivity index (χ4n) is 3.06. The standard InChI is InChI=1S/C17H27N5O9/c18-8(7-23)14(27)20-9(3-4-13(25)26)15(28)21-10(6-12(19)24)16(29)22-5-1-2-11(22)17(30)31/h8-11,23H,1-7,18H2,(H2,19,24)(H,20,27)(H,21,28)(H,25,26)(H,30,31). The molecule has 4 amide bonds. The molecule has 0 spiro atoms. The van der Waals surface area contributed by atoms with Crippen LogP contribution in [0.5, 0.6) is 0 Å². The Bertz CT molecular complexity index is 729. The summed E-state index contributed by atoms with van der Waals surface area (Å²) in [6.07, 6.45) is -0.910. The minimum Gasteiger partial charge on any atom is -0.481 e.